The number of carbonyl (C=O) groups excluding carboxylic acids is 1. The average Bonchev–Trinajstić information content (AvgIpc) is 2.69. The number of hydrogen-bond acceptors (Lipinski definition) is 3. The topological polar surface area (TPSA) is 53.8 Å². The van der Waals surface area contributed by atoms with Crippen LogP contribution in [0.25, 0.3) is 11.3 Å². The molecule has 3 aromatic rings. The molecular weight excluding hydrogens is 424 g/mol. The fourth-order valence-electron chi connectivity index (χ4n) is 3.23. The van der Waals surface area contributed by atoms with Crippen molar-refractivity contribution in [1.82, 2.24) is 4.98 Å². The van der Waals surface area contributed by atoms with Gasteiger partial charge in [0.25, 0.3) is 0 Å². The Morgan fingerprint density at radius 2 is 1.61 bits per heavy atom. The summed E-state index contributed by atoms with van der Waals surface area (Å²) < 4.78 is 57.2. The molecule has 0 bridgehead atoms. The van der Waals surface area contributed by atoms with E-state index in [0.29, 0.717) is 6.07 Å². The van der Waals surface area contributed by atoms with Gasteiger partial charge in [-0.15, -0.1) is 0 Å². The number of rotatable bonds is 5. The zero-order chi connectivity index (χ0) is 22.9. The SMILES string of the molecule is C[Si](C)(C)C(=O)C(c1cccc(-c2ccc(F)cc2F)n1)c1c(F)cc(C#N)cc1F. The number of hydrogen-bond donors (Lipinski definition) is 0. The van der Waals surface area contributed by atoms with Gasteiger partial charge in [-0.25, -0.2) is 17.6 Å². The van der Waals surface area contributed by atoms with Gasteiger partial charge in [0.1, 0.15) is 36.7 Å². The Bertz CT molecular complexity index is 1190. The molecule has 31 heavy (non-hydrogen) atoms. The molecule has 1 unspecified atom stereocenters. The number of aromatic nitrogens is 1. The van der Waals surface area contributed by atoms with Crippen molar-refractivity contribution in [3.05, 3.63) is 88.6 Å². The van der Waals surface area contributed by atoms with Gasteiger partial charge in [-0.2, -0.15) is 5.26 Å². The largest absolute Gasteiger partial charge is 0.304 e. The molecule has 1 atom stereocenters. The standard InChI is InChI=1S/C23H18F4N2OSi/c1-31(2,3)23(30)22(21-17(26)9-13(12-28)10-18(21)27)20-6-4-5-19(29-20)15-8-7-14(24)11-16(15)25/h4-11,22H,1-3H3. The summed E-state index contributed by atoms with van der Waals surface area (Å²) in [4.78, 5) is 17.6. The Kier molecular flexibility index (Phi) is 6.09. The highest BCUT2D eigenvalue weighted by molar-refractivity contribution is 7.04. The molecule has 158 valence electrons. The lowest BCUT2D eigenvalue weighted by molar-refractivity contribution is -0.113. The van der Waals surface area contributed by atoms with Crippen molar-refractivity contribution in [3.8, 4) is 17.3 Å². The summed E-state index contributed by atoms with van der Waals surface area (Å²) >= 11 is 0. The highest BCUT2D eigenvalue weighted by Crippen LogP contribution is 2.34. The molecule has 0 aliphatic rings. The number of benzene rings is 2. The number of pyridine rings is 1. The molecule has 3 nitrogen and oxygen atoms in total. The molecule has 0 aliphatic carbocycles. The molecule has 2 aromatic carbocycles. The molecule has 0 radical (unpaired) electrons. The Balaban J connectivity index is 2.23. The molecule has 0 saturated heterocycles. The highest BCUT2D eigenvalue weighted by Gasteiger charge is 2.37. The van der Waals surface area contributed by atoms with Crippen LogP contribution in [0.1, 0.15) is 22.7 Å². The second-order valence-corrected chi connectivity index (χ2v) is 13.1. The van der Waals surface area contributed by atoms with Crippen molar-refractivity contribution >= 4 is 13.5 Å². The van der Waals surface area contributed by atoms with Gasteiger partial charge in [0, 0.05) is 17.2 Å². The van der Waals surface area contributed by atoms with Crippen LogP contribution in [0.15, 0.2) is 48.5 Å². The molecular formula is C23H18F4N2OSi. The van der Waals surface area contributed by atoms with Crippen molar-refractivity contribution in [2.24, 2.45) is 0 Å². The minimum Gasteiger partial charge on any atom is -0.304 e. The van der Waals surface area contributed by atoms with Crippen molar-refractivity contribution in [1.29, 1.82) is 5.26 Å². The van der Waals surface area contributed by atoms with Crippen LogP contribution in [-0.2, 0) is 4.79 Å². The van der Waals surface area contributed by atoms with Crippen LogP contribution in [0.2, 0.25) is 19.6 Å². The van der Waals surface area contributed by atoms with Gasteiger partial charge in [-0.1, -0.05) is 25.7 Å². The summed E-state index contributed by atoms with van der Waals surface area (Å²) in [5.74, 6) is -5.05. The summed E-state index contributed by atoms with van der Waals surface area (Å²) in [5, 5.41) is 8.59. The number of nitriles is 1. The van der Waals surface area contributed by atoms with Gasteiger partial charge in [-0.3, -0.25) is 4.98 Å². The lowest BCUT2D eigenvalue weighted by Gasteiger charge is -2.24. The lowest BCUT2D eigenvalue weighted by Crippen LogP contribution is -2.39. The number of halogens is 4. The average molecular weight is 442 g/mol. The van der Waals surface area contributed by atoms with E-state index >= 15 is 0 Å². The minimum atomic E-state index is -2.57. The Morgan fingerprint density at radius 3 is 2.16 bits per heavy atom. The van der Waals surface area contributed by atoms with Crippen molar-refractivity contribution in [3.63, 3.8) is 0 Å². The van der Waals surface area contributed by atoms with Crippen LogP contribution in [0.5, 0.6) is 0 Å². The van der Waals surface area contributed by atoms with E-state index in [2.05, 4.69) is 4.98 Å². The van der Waals surface area contributed by atoms with Crippen molar-refractivity contribution in [2.75, 3.05) is 0 Å². The minimum absolute atomic E-state index is 0.0109. The first-order valence-corrected chi connectivity index (χ1v) is 12.9. The molecule has 0 N–H and O–H groups in total. The number of carbonyl (C=O) groups is 1. The van der Waals surface area contributed by atoms with Crippen LogP contribution in [-0.4, -0.2) is 18.5 Å². The van der Waals surface area contributed by atoms with Gasteiger partial charge >= 0.3 is 0 Å². The first-order chi connectivity index (χ1) is 14.5. The summed E-state index contributed by atoms with van der Waals surface area (Å²) in [6.45, 7) is 5.22. The quantitative estimate of drug-likeness (QED) is 0.373. The molecule has 3 rings (SSSR count). The van der Waals surface area contributed by atoms with Crippen LogP contribution < -0.4 is 0 Å². The van der Waals surface area contributed by atoms with Gasteiger partial charge in [0.05, 0.1) is 28.9 Å². The van der Waals surface area contributed by atoms with E-state index in [0.717, 1.165) is 18.2 Å². The molecule has 0 aliphatic heterocycles. The molecule has 0 amide bonds. The van der Waals surface area contributed by atoms with E-state index < -0.39 is 42.8 Å². The Labute approximate surface area is 178 Å². The first kappa shape index (κ1) is 22.4. The Morgan fingerprint density at radius 1 is 0.968 bits per heavy atom. The van der Waals surface area contributed by atoms with E-state index in [9.17, 15) is 22.4 Å². The molecule has 1 heterocycles. The van der Waals surface area contributed by atoms with E-state index in [-0.39, 0.29) is 27.9 Å². The summed E-state index contributed by atoms with van der Waals surface area (Å²) in [6.07, 6.45) is 0. The fraction of sp³-hybridized carbons (Fsp3) is 0.174. The maximum Gasteiger partial charge on any atom is 0.135 e. The zero-order valence-electron chi connectivity index (χ0n) is 17.0. The van der Waals surface area contributed by atoms with Gasteiger partial charge in [-0.05, 0) is 36.4 Å². The van der Waals surface area contributed by atoms with Gasteiger partial charge in [0.15, 0.2) is 0 Å². The fourth-order valence-corrected chi connectivity index (χ4v) is 4.39. The van der Waals surface area contributed by atoms with E-state index in [1.54, 1.807) is 25.7 Å². The normalized spacial score (nSPS) is 12.3. The van der Waals surface area contributed by atoms with E-state index in [4.69, 9.17) is 5.26 Å². The second-order valence-electron chi connectivity index (χ2n) is 8.08. The molecule has 8 heteroatoms. The van der Waals surface area contributed by atoms with Crippen LogP contribution in [0.3, 0.4) is 0 Å². The summed E-state index contributed by atoms with van der Waals surface area (Å²) in [5.41, 5.74) is -0.596. The molecule has 0 saturated carbocycles. The predicted octanol–water partition coefficient (Wildman–Crippen LogP) is 5.76. The first-order valence-electron chi connectivity index (χ1n) is 9.38. The van der Waals surface area contributed by atoms with Crippen molar-refractivity contribution < 1.29 is 22.4 Å². The van der Waals surface area contributed by atoms with Gasteiger partial charge in [0.2, 0.25) is 0 Å². The van der Waals surface area contributed by atoms with E-state index in [1.807, 2.05) is 0 Å². The molecule has 0 fully saturated rings. The third kappa shape index (κ3) is 4.57. The maximum atomic E-state index is 14.9. The second kappa shape index (κ2) is 8.44. The highest BCUT2D eigenvalue weighted by atomic mass is 28.3. The smallest absolute Gasteiger partial charge is 0.135 e. The van der Waals surface area contributed by atoms with Gasteiger partial charge < -0.3 is 4.79 Å². The van der Waals surface area contributed by atoms with Crippen LogP contribution in [0, 0.1) is 34.6 Å². The van der Waals surface area contributed by atoms with Crippen molar-refractivity contribution in [2.45, 2.75) is 25.6 Å². The van der Waals surface area contributed by atoms with E-state index in [1.165, 1.54) is 24.3 Å². The molecule has 1 aromatic heterocycles. The van der Waals surface area contributed by atoms with Crippen LogP contribution in [0.4, 0.5) is 17.6 Å². The third-order valence-corrected chi connectivity index (χ3v) is 6.54. The number of nitrogens with zero attached hydrogens (tertiary/aromatic N) is 2. The summed E-state index contributed by atoms with van der Waals surface area (Å²) in [6, 6.07) is 10.8. The van der Waals surface area contributed by atoms with Crippen LogP contribution >= 0.6 is 0 Å². The Hall–Kier alpha value is -3.31. The molecule has 0 spiro atoms. The zero-order valence-corrected chi connectivity index (χ0v) is 18.0. The monoisotopic (exact) mass is 442 g/mol. The predicted molar refractivity (Wildman–Crippen MR) is 111 cm³/mol. The maximum absolute atomic E-state index is 14.9. The third-order valence-electron chi connectivity index (χ3n) is 4.77. The lowest BCUT2D eigenvalue weighted by atomic mass is 9.93. The summed E-state index contributed by atoms with van der Waals surface area (Å²) in [7, 11) is -2.57.